The molecule has 1 N–H and O–H groups in total. The van der Waals surface area contributed by atoms with E-state index in [1.807, 2.05) is 6.07 Å². The number of aliphatic hydroxyl groups is 1. The Bertz CT molecular complexity index is 366. The highest BCUT2D eigenvalue weighted by Crippen LogP contribution is 2.25. The van der Waals surface area contributed by atoms with E-state index in [0.717, 1.165) is 18.7 Å². The van der Waals surface area contributed by atoms with Crippen LogP contribution in [0.3, 0.4) is 0 Å². The van der Waals surface area contributed by atoms with E-state index in [9.17, 15) is 9.50 Å². The van der Waals surface area contributed by atoms with Gasteiger partial charge in [0.15, 0.2) is 0 Å². The zero-order chi connectivity index (χ0) is 13.5. The minimum Gasteiger partial charge on any atom is -0.391 e. The fraction of sp³-hybridized carbons (Fsp3) is 0.600. The van der Waals surface area contributed by atoms with Crippen molar-refractivity contribution in [3.05, 3.63) is 29.6 Å². The zero-order valence-corrected chi connectivity index (χ0v) is 11.6. The molecule has 0 fully saturated rings. The molecular weight excluding hydrogens is 229 g/mol. The van der Waals surface area contributed by atoms with E-state index in [1.54, 1.807) is 6.07 Å². The van der Waals surface area contributed by atoms with Crippen LogP contribution in [0.2, 0.25) is 0 Å². The molecule has 18 heavy (non-hydrogen) atoms. The molecule has 0 saturated carbocycles. The molecule has 0 aliphatic heterocycles. The van der Waals surface area contributed by atoms with E-state index in [0.29, 0.717) is 11.6 Å². The molecule has 0 unspecified atom stereocenters. The lowest BCUT2D eigenvalue weighted by atomic mass is 10.1. The predicted octanol–water partition coefficient (Wildman–Crippen LogP) is 3.72. The molecule has 0 atom stereocenters. The van der Waals surface area contributed by atoms with E-state index in [1.165, 1.54) is 18.9 Å². The van der Waals surface area contributed by atoms with E-state index in [2.05, 4.69) is 25.7 Å². The van der Waals surface area contributed by atoms with E-state index >= 15 is 0 Å². The highest BCUT2D eigenvalue weighted by molar-refractivity contribution is 5.54. The second-order valence-corrected chi connectivity index (χ2v) is 4.89. The number of hydrogen-bond donors (Lipinski definition) is 1. The van der Waals surface area contributed by atoms with Gasteiger partial charge < -0.3 is 10.0 Å². The molecule has 0 heterocycles. The first-order valence-electron chi connectivity index (χ1n) is 6.76. The highest BCUT2D eigenvalue weighted by Gasteiger charge is 2.16. The Morgan fingerprint density at radius 2 is 2.00 bits per heavy atom. The first-order chi connectivity index (χ1) is 8.61. The van der Waals surface area contributed by atoms with E-state index in [-0.39, 0.29) is 12.4 Å². The molecule has 0 spiro atoms. The van der Waals surface area contributed by atoms with Gasteiger partial charge in [-0.25, -0.2) is 4.39 Å². The molecule has 0 aliphatic rings. The third kappa shape index (κ3) is 3.70. The number of anilines is 1. The summed E-state index contributed by atoms with van der Waals surface area (Å²) in [5, 5.41) is 9.33. The van der Waals surface area contributed by atoms with Gasteiger partial charge in [0.2, 0.25) is 0 Å². The Kier molecular flexibility index (Phi) is 6.13. The molecule has 102 valence electrons. The van der Waals surface area contributed by atoms with Crippen LogP contribution in [0.5, 0.6) is 0 Å². The van der Waals surface area contributed by atoms with Gasteiger partial charge in [0, 0.05) is 23.8 Å². The molecule has 0 aromatic heterocycles. The minimum atomic E-state index is -0.323. The molecule has 0 radical (unpaired) electrons. The van der Waals surface area contributed by atoms with E-state index in [4.69, 9.17) is 0 Å². The second-order valence-electron chi connectivity index (χ2n) is 4.89. The van der Waals surface area contributed by atoms with Crippen LogP contribution in [0.15, 0.2) is 18.2 Å². The predicted molar refractivity (Wildman–Crippen MR) is 74.3 cm³/mol. The SMILES string of the molecule is CCCCCN(c1cccc(F)c1CO)C(C)C. The lowest BCUT2D eigenvalue weighted by molar-refractivity contribution is 0.275. The molecule has 0 amide bonds. The van der Waals surface area contributed by atoms with Crippen LogP contribution in [-0.2, 0) is 6.61 Å². The number of hydrogen-bond acceptors (Lipinski definition) is 2. The average Bonchev–Trinajstić information content (AvgIpc) is 2.34. The number of rotatable bonds is 7. The summed E-state index contributed by atoms with van der Waals surface area (Å²) in [4.78, 5) is 2.17. The summed E-state index contributed by atoms with van der Waals surface area (Å²) in [6, 6.07) is 5.30. The first-order valence-corrected chi connectivity index (χ1v) is 6.76. The second kappa shape index (κ2) is 7.37. The van der Waals surface area contributed by atoms with Crippen LogP contribution in [0.1, 0.15) is 45.6 Å². The van der Waals surface area contributed by atoms with Crippen molar-refractivity contribution in [2.24, 2.45) is 0 Å². The summed E-state index contributed by atoms with van der Waals surface area (Å²) >= 11 is 0. The monoisotopic (exact) mass is 253 g/mol. The van der Waals surface area contributed by atoms with Crippen LogP contribution in [0, 0.1) is 5.82 Å². The van der Waals surface area contributed by atoms with Gasteiger partial charge in [-0.15, -0.1) is 0 Å². The first kappa shape index (κ1) is 15.0. The topological polar surface area (TPSA) is 23.5 Å². The number of nitrogens with zero attached hydrogens (tertiary/aromatic N) is 1. The Hall–Kier alpha value is -1.09. The van der Waals surface area contributed by atoms with Crippen molar-refractivity contribution >= 4 is 5.69 Å². The van der Waals surface area contributed by atoms with Crippen LogP contribution in [0.25, 0.3) is 0 Å². The third-order valence-corrected chi connectivity index (χ3v) is 3.19. The molecule has 0 saturated heterocycles. The number of unbranched alkanes of at least 4 members (excludes halogenated alkanes) is 2. The molecule has 0 bridgehead atoms. The number of aliphatic hydroxyl groups excluding tert-OH is 1. The van der Waals surface area contributed by atoms with Gasteiger partial charge in [-0.3, -0.25) is 0 Å². The van der Waals surface area contributed by atoms with Crippen molar-refractivity contribution in [1.29, 1.82) is 0 Å². The molecule has 1 aromatic rings. The smallest absolute Gasteiger partial charge is 0.130 e. The minimum absolute atomic E-state index is 0.251. The van der Waals surface area contributed by atoms with Gasteiger partial charge in [-0.1, -0.05) is 25.8 Å². The van der Waals surface area contributed by atoms with Gasteiger partial charge in [0.05, 0.1) is 6.61 Å². The van der Waals surface area contributed by atoms with Crippen molar-refractivity contribution < 1.29 is 9.50 Å². The van der Waals surface area contributed by atoms with Gasteiger partial charge in [-0.2, -0.15) is 0 Å². The van der Waals surface area contributed by atoms with Gasteiger partial charge >= 0.3 is 0 Å². The van der Waals surface area contributed by atoms with Crippen molar-refractivity contribution in [3.8, 4) is 0 Å². The van der Waals surface area contributed by atoms with Crippen molar-refractivity contribution in [3.63, 3.8) is 0 Å². The molecule has 2 nitrogen and oxygen atoms in total. The third-order valence-electron chi connectivity index (χ3n) is 3.19. The van der Waals surface area contributed by atoms with Gasteiger partial charge in [-0.05, 0) is 32.4 Å². The van der Waals surface area contributed by atoms with Crippen LogP contribution in [-0.4, -0.2) is 17.7 Å². The normalized spacial score (nSPS) is 11.0. The van der Waals surface area contributed by atoms with Gasteiger partial charge in [0.1, 0.15) is 5.82 Å². The quantitative estimate of drug-likeness (QED) is 0.749. The maximum Gasteiger partial charge on any atom is 0.130 e. The van der Waals surface area contributed by atoms with E-state index < -0.39 is 0 Å². The molecular formula is C15H24FNO. The summed E-state index contributed by atoms with van der Waals surface area (Å²) < 4.78 is 13.7. The maximum absolute atomic E-state index is 13.7. The number of benzene rings is 1. The lowest BCUT2D eigenvalue weighted by Crippen LogP contribution is -2.32. The van der Waals surface area contributed by atoms with Crippen molar-refractivity contribution in [2.75, 3.05) is 11.4 Å². The van der Waals surface area contributed by atoms with Crippen molar-refractivity contribution in [1.82, 2.24) is 0 Å². The summed E-state index contributed by atoms with van der Waals surface area (Å²) in [5.74, 6) is -0.323. The largest absolute Gasteiger partial charge is 0.391 e. The Morgan fingerprint density at radius 3 is 2.56 bits per heavy atom. The Balaban J connectivity index is 2.94. The maximum atomic E-state index is 13.7. The number of halogens is 1. The Morgan fingerprint density at radius 1 is 1.28 bits per heavy atom. The standard InChI is InChI=1S/C15H24FNO/c1-4-5-6-10-17(12(2)3)15-9-7-8-14(16)13(15)11-18/h7-9,12,18H,4-6,10-11H2,1-3H3. The molecule has 0 aliphatic carbocycles. The molecule has 1 aromatic carbocycles. The zero-order valence-electron chi connectivity index (χ0n) is 11.6. The van der Waals surface area contributed by atoms with Crippen molar-refractivity contribution in [2.45, 2.75) is 52.7 Å². The fourth-order valence-corrected chi connectivity index (χ4v) is 2.16. The summed E-state index contributed by atoms with van der Waals surface area (Å²) in [7, 11) is 0. The van der Waals surface area contributed by atoms with Gasteiger partial charge in [0.25, 0.3) is 0 Å². The lowest BCUT2D eigenvalue weighted by Gasteiger charge is -2.31. The highest BCUT2D eigenvalue weighted by atomic mass is 19.1. The van der Waals surface area contributed by atoms with Crippen LogP contribution >= 0.6 is 0 Å². The summed E-state index contributed by atoms with van der Waals surface area (Å²) in [6.45, 7) is 7.01. The molecule has 3 heteroatoms. The Labute approximate surface area is 109 Å². The van der Waals surface area contributed by atoms with Crippen LogP contribution in [0.4, 0.5) is 10.1 Å². The molecule has 1 rings (SSSR count). The summed E-state index contributed by atoms with van der Waals surface area (Å²) in [6.07, 6.45) is 3.44. The fourth-order valence-electron chi connectivity index (χ4n) is 2.16. The van der Waals surface area contributed by atoms with Crippen LogP contribution < -0.4 is 4.90 Å². The average molecular weight is 253 g/mol. The summed E-state index contributed by atoms with van der Waals surface area (Å²) in [5.41, 5.74) is 1.23.